The highest BCUT2D eigenvalue weighted by atomic mass is 35.5. The third-order valence-corrected chi connectivity index (χ3v) is 4.91. The van der Waals surface area contributed by atoms with E-state index in [9.17, 15) is 9.59 Å². The van der Waals surface area contributed by atoms with Crippen molar-refractivity contribution >= 4 is 40.8 Å². The van der Waals surface area contributed by atoms with Crippen molar-refractivity contribution in [3.63, 3.8) is 0 Å². The maximum Gasteiger partial charge on any atom is 0.303 e. The number of nitrogens with zero attached hydrogens (tertiary/aromatic N) is 1. The number of benzene rings is 2. The summed E-state index contributed by atoms with van der Waals surface area (Å²) in [4.78, 5) is 27.4. The van der Waals surface area contributed by atoms with Crippen LogP contribution in [-0.4, -0.2) is 22.0 Å². The van der Waals surface area contributed by atoms with E-state index >= 15 is 0 Å². The minimum Gasteiger partial charge on any atom is -0.481 e. The first-order valence-corrected chi connectivity index (χ1v) is 10.6. The molecule has 0 unspecified atom stereocenters. The Labute approximate surface area is 192 Å². The van der Waals surface area contributed by atoms with Crippen LogP contribution < -0.4 is 5.32 Å². The zero-order valence-electron chi connectivity index (χ0n) is 17.4. The van der Waals surface area contributed by atoms with E-state index < -0.39 is 5.97 Å². The molecule has 3 aromatic rings. The second-order valence-electron chi connectivity index (χ2n) is 7.10. The Balaban J connectivity index is 1.76. The van der Waals surface area contributed by atoms with Crippen molar-refractivity contribution in [3.05, 3.63) is 107 Å². The molecule has 0 fully saturated rings. The van der Waals surface area contributed by atoms with Gasteiger partial charge in [-0.25, -0.2) is 0 Å². The van der Waals surface area contributed by atoms with E-state index in [1.54, 1.807) is 30.6 Å². The number of hydrogen-bond acceptors (Lipinski definition) is 3. The molecular formula is C26H23ClN2O3. The smallest absolute Gasteiger partial charge is 0.303 e. The summed E-state index contributed by atoms with van der Waals surface area (Å²) in [5.74, 6) is -1.05. The number of unbranched alkanes of at least 4 members (excludes halogenated alkanes) is 1. The first kappa shape index (κ1) is 23.0. The lowest BCUT2D eigenvalue weighted by atomic mass is 9.97. The molecule has 0 atom stereocenters. The lowest BCUT2D eigenvalue weighted by Crippen LogP contribution is -2.08. The minimum atomic E-state index is -0.808. The molecule has 6 heteroatoms. The van der Waals surface area contributed by atoms with Gasteiger partial charge in [0.1, 0.15) is 0 Å². The van der Waals surface area contributed by atoms with Gasteiger partial charge in [0.2, 0.25) is 5.91 Å². The largest absolute Gasteiger partial charge is 0.481 e. The van der Waals surface area contributed by atoms with Gasteiger partial charge in [0.25, 0.3) is 0 Å². The molecule has 5 nitrogen and oxygen atoms in total. The fourth-order valence-electron chi connectivity index (χ4n) is 3.12. The zero-order valence-corrected chi connectivity index (χ0v) is 18.1. The highest BCUT2D eigenvalue weighted by Gasteiger charge is 2.08. The number of carbonyl (C=O) groups excluding carboxylic acids is 1. The van der Waals surface area contributed by atoms with Crippen molar-refractivity contribution in [1.82, 2.24) is 4.98 Å². The summed E-state index contributed by atoms with van der Waals surface area (Å²) in [6.45, 7) is 0. The molecule has 0 saturated heterocycles. The van der Waals surface area contributed by atoms with Gasteiger partial charge in [0.15, 0.2) is 0 Å². The summed E-state index contributed by atoms with van der Waals surface area (Å²) < 4.78 is 0. The van der Waals surface area contributed by atoms with Crippen molar-refractivity contribution in [2.24, 2.45) is 0 Å². The van der Waals surface area contributed by atoms with Crippen LogP contribution in [0.4, 0.5) is 5.69 Å². The second-order valence-corrected chi connectivity index (χ2v) is 7.54. The maximum absolute atomic E-state index is 12.4. The number of pyridine rings is 1. The molecule has 2 N–H and O–H groups in total. The van der Waals surface area contributed by atoms with Gasteiger partial charge in [-0.15, -0.1) is 0 Å². The van der Waals surface area contributed by atoms with Crippen LogP contribution in [0.15, 0.2) is 85.2 Å². The molecule has 1 aromatic heterocycles. The maximum atomic E-state index is 12.4. The topological polar surface area (TPSA) is 79.3 Å². The Kier molecular flexibility index (Phi) is 8.35. The number of amides is 1. The lowest BCUT2D eigenvalue weighted by molar-refractivity contribution is -0.137. The van der Waals surface area contributed by atoms with Crippen molar-refractivity contribution in [1.29, 1.82) is 0 Å². The fraction of sp³-hybridized carbons (Fsp3) is 0.115. The fourth-order valence-corrected chi connectivity index (χ4v) is 3.24. The Bertz CT molecular complexity index is 1120. The van der Waals surface area contributed by atoms with Crippen LogP contribution >= 0.6 is 11.6 Å². The third kappa shape index (κ3) is 7.22. The summed E-state index contributed by atoms with van der Waals surface area (Å²) in [5.41, 5.74) is 4.31. The van der Waals surface area contributed by atoms with E-state index in [1.807, 2.05) is 54.6 Å². The van der Waals surface area contributed by atoms with Crippen LogP contribution in [0.3, 0.4) is 0 Å². The summed E-state index contributed by atoms with van der Waals surface area (Å²) >= 11 is 5.88. The van der Waals surface area contributed by atoms with Gasteiger partial charge in [-0.1, -0.05) is 48.0 Å². The molecule has 2 aromatic carbocycles. The molecule has 0 aliphatic heterocycles. The number of aliphatic carboxylic acids is 1. The van der Waals surface area contributed by atoms with Crippen LogP contribution in [0.2, 0.25) is 5.02 Å². The number of anilines is 1. The molecule has 1 heterocycles. The zero-order chi connectivity index (χ0) is 22.8. The van der Waals surface area contributed by atoms with E-state index in [0.717, 1.165) is 22.3 Å². The first-order valence-electron chi connectivity index (χ1n) is 10.2. The molecule has 0 bridgehead atoms. The van der Waals surface area contributed by atoms with Crippen LogP contribution in [0.5, 0.6) is 0 Å². The molecule has 0 radical (unpaired) electrons. The highest BCUT2D eigenvalue weighted by molar-refractivity contribution is 6.30. The normalized spacial score (nSPS) is 11.5. The third-order valence-electron chi connectivity index (χ3n) is 4.65. The van der Waals surface area contributed by atoms with Gasteiger partial charge in [-0.2, -0.15) is 0 Å². The first-order chi connectivity index (χ1) is 15.5. The van der Waals surface area contributed by atoms with Crippen LogP contribution in [0.1, 0.15) is 36.0 Å². The Morgan fingerprint density at radius 3 is 2.53 bits per heavy atom. The predicted octanol–water partition coefficient (Wildman–Crippen LogP) is 6.07. The number of allylic oxidation sites excluding steroid dienone is 1. The van der Waals surface area contributed by atoms with Gasteiger partial charge < -0.3 is 10.4 Å². The van der Waals surface area contributed by atoms with E-state index in [1.165, 1.54) is 6.08 Å². The van der Waals surface area contributed by atoms with Crippen molar-refractivity contribution in [3.8, 4) is 0 Å². The quantitative estimate of drug-likeness (QED) is 0.308. The van der Waals surface area contributed by atoms with Crippen molar-refractivity contribution < 1.29 is 14.7 Å². The Morgan fingerprint density at radius 1 is 1.03 bits per heavy atom. The Morgan fingerprint density at radius 2 is 1.81 bits per heavy atom. The number of carboxylic acids is 1. The molecule has 3 rings (SSSR count). The van der Waals surface area contributed by atoms with E-state index in [0.29, 0.717) is 23.6 Å². The number of aromatic nitrogens is 1. The van der Waals surface area contributed by atoms with Gasteiger partial charge in [0, 0.05) is 41.2 Å². The lowest BCUT2D eigenvalue weighted by Gasteiger charge is -2.11. The highest BCUT2D eigenvalue weighted by Crippen LogP contribution is 2.26. The van der Waals surface area contributed by atoms with Crippen LogP contribution in [0.25, 0.3) is 11.6 Å². The van der Waals surface area contributed by atoms with Gasteiger partial charge in [-0.05, 0) is 65.9 Å². The number of rotatable bonds is 9. The SMILES string of the molecule is O=C(O)CCCC=C(c1cccnc1)c1cccc(NC(=O)/C=C/c2ccc(Cl)cc2)c1. The summed E-state index contributed by atoms with van der Waals surface area (Å²) in [5, 5.41) is 12.4. The molecule has 0 aliphatic rings. The van der Waals surface area contributed by atoms with Crippen molar-refractivity contribution in [2.45, 2.75) is 19.3 Å². The van der Waals surface area contributed by atoms with Gasteiger partial charge in [0.05, 0.1) is 0 Å². The average Bonchev–Trinajstić information content (AvgIpc) is 2.79. The van der Waals surface area contributed by atoms with Crippen LogP contribution in [0, 0.1) is 0 Å². The molecule has 32 heavy (non-hydrogen) atoms. The number of carboxylic acid groups (broad SMARTS) is 1. The molecule has 1 amide bonds. The monoisotopic (exact) mass is 446 g/mol. The van der Waals surface area contributed by atoms with E-state index in [2.05, 4.69) is 10.3 Å². The van der Waals surface area contributed by atoms with Crippen LogP contribution in [-0.2, 0) is 9.59 Å². The summed E-state index contributed by atoms with van der Waals surface area (Å²) in [6.07, 6.45) is 9.97. The molecule has 162 valence electrons. The van der Waals surface area contributed by atoms with E-state index in [-0.39, 0.29) is 12.3 Å². The number of halogens is 1. The number of carbonyl (C=O) groups is 2. The molecule has 0 aliphatic carbocycles. The van der Waals surface area contributed by atoms with Gasteiger partial charge in [-0.3, -0.25) is 14.6 Å². The van der Waals surface area contributed by atoms with Crippen molar-refractivity contribution in [2.75, 3.05) is 5.32 Å². The number of nitrogens with one attached hydrogen (secondary N) is 1. The van der Waals surface area contributed by atoms with Gasteiger partial charge >= 0.3 is 5.97 Å². The van der Waals surface area contributed by atoms with E-state index in [4.69, 9.17) is 16.7 Å². The molecular weight excluding hydrogens is 424 g/mol. The Hall–Kier alpha value is -3.70. The second kappa shape index (κ2) is 11.6. The molecule has 0 saturated carbocycles. The molecule has 0 spiro atoms. The summed E-state index contributed by atoms with van der Waals surface area (Å²) in [6, 6.07) is 18.6. The predicted molar refractivity (Wildman–Crippen MR) is 128 cm³/mol. The standard InChI is InChI=1S/C26H23ClN2O3/c27-22-13-10-19(11-14-22)12-15-25(30)29-23-7-3-5-20(17-23)24(8-1-2-9-26(31)32)21-6-4-16-28-18-21/h3-8,10-18H,1-2,9H2,(H,29,30)(H,31,32)/b15-12+,24-8?. The number of hydrogen-bond donors (Lipinski definition) is 2. The summed E-state index contributed by atoms with van der Waals surface area (Å²) in [7, 11) is 0. The minimum absolute atomic E-state index is 0.118. The average molecular weight is 447 g/mol.